The number of benzene rings is 1. The fourth-order valence-electron chi connectivity index (χ4n) is 3.16. The predicted molar refractivity (Wildman–Crippen MR) is 80.9 cm³/mol. The van der Waals surface area contributed by atoms with Crippen molar-refractivity contribution >= 4 is 18.5 Å². The third-order valence-electron chi connectivity index (χ3n) is 4.56. The van der Waals surface area contributed by atoms with E-state index in [-0.39, 0.29) is 12.0 Å². The highest BCUT2D eigenvalue weighted by atomic mass is 16.6. The van der Waals surface area contributed by atoms with Gasteiger partial charge in [0.2, 0.25) is 0 Å². The summed E-state index contributed by atoms with van der Waals surface area (Å²) in [5.74, 6) is -0.121. The van der Waals surface area contributed by atoms with Crippen LogP contribution in [0.2, 0.25) is 0 Å². The van der Waals surface area contributed by atoms with E-state index >= 15 is 0 Å². The minimum Gasteiger partial charge on any atom is -0.423 e. The second-order valence-electron chi connectivity index (χ2n) is 5.90. The van der Waals surface area contributed by atoms with Crippen molar-refractivity contribution in [3.8, 4) is 0 Å². The molecule has 0 saturated carbocycles. The molecular weight excluding hydrogens is 285 g/mol. The molecule has 2 aliphatic rings. The van der Waals surface area contributed by atoms with Gasteiger partial charge in [0.1, 0.15) is 5.60 Å². The van der Waals surface area contributed by atoms with Gasteiger partial charge in [0, 0.05) is 25.1 Å². The molecule has 2 aliphatic heterocycles. The summed E-state index contributed by atoms with van der Waals surface area (Å²) >= 11 is 0. The second-order valence-corrected chi connectivity index (χ2v) is 5.90. The molecule has 2 atom stereocenters. The molecular formula is C15H20BNO5. The minimum absolute atomic E-state index is 0.0336. The number of hydrogen-bond acceptors (Lipinski definition) is 5. The maximum absolute atomic E-state index is 12.7. The highest BCUT2D eigenvalue weighted by Crippen LogP contribution is 2.33. The van der Waals surface area contributed by atoms with E-state index in [0.717, 1.165) is 6.42 Å². The maximum Gasteiger partial charge on any atom is 0.488 e. The summed E-state index contributed by atoms with van der Waals surface area (Å²) in [5.41, 5.74) is 0.350. The Kier molecular flexibility index (Phi) is 4.23. The summed E-state index contributed by atoms with van der Waals surface area (Å²) in [6.45, 7) is 4.14. The molecule has 3 rings (SSSR count). The van der Waals surface area contributed by atoms with E-state index in [1.165, 1.54) is 6.07 Å². The van der Waals surface area contributed by atoms with Crippen molar-refractivity contribution in [1.29, 1.82) is 0 Å². The van der Waals surface area contributed by atoms with Crippen LogP contribution in [-0.4, -0.2) is 66.0 Å². The fraction of sp³-hybridized carbons (Fsp3) is 0.533. The second kappa shape index (κ2) is 6.00. The molecule has 0 bridgehead atoms. The molecule has 118 valence electrons. The van der Waals surface area contributed by atoms with Crippen molar-refractivity contribution in [2.75, 3.05) is 26.3 Å². The molecule has 2 N–H and O–H groups in total. The number of nitrogens with zero attached hydrogens (tertiary/aromatic N) is 1. The van der Waals surface area contributed by atoms with E-state index in [4.69, 9.17) is 9.47 Å². The number of carbonyl (C=O) groups excluding carboxylic acids is 1. The van der Waals surface area contributed by atoms with E-state index in [1.807, 2.05) is 6.92 Å². The molecule has 1 aromatic rings. The van der Waals surface area contributed by atoms with E-state index in [9.17, 15) is 14.8 Å². The summed E-state index contributed by atoms with van der Waals surface area (Å²) < 4.78 is 11.5. The number of carbonyl (C=O) groups is 1. The Morgan fingerprint density at radius 1 is 1.41 bits per heavy atom. The molecule has 1 aromatic carbocycles. The number of ether oxygens (including phenoxy) is 2. The van der Waals surface area contributed by atoms with Crippen LogP contribution in [0, 0.1) is 0 Å². The van der Waals surface area contributed by atoms with Crippen LogP contribution in [0.1, 0.15) is 23.7 Å². The van der Waals surface area contributed by atoms with Gasteiger partial charge in [0.05, 0.1) is 19.3 Å². The highest BCUT2D eigenvalue weighted by molar-refractivity contribution is 6.58. The predicted octanol–water partition coefficient (Wildman–Crippen LogP) is -0.614. The molecule has 22 heavy (non-hydrogen) atoms. The molecule has 2 saturated heterocycles. The van der Waals surface area contributed by atoms with Crippen molar-refractivity contribution in [3.63, 3.8) is 0 Å². The Labute approximate surface area is 129 Å². The molecule has 2 heterocycles. The lowest BCUT2D eigenvalue weighted by Crippen LogP contribution is -2.56. The Hall–Kier alpha value is -1.41. The van der Waals surface area contributed by atoms with Crippen LogP contribution in [0.3, 0.4) is 0 Å². The highest BCUT2D eigenvalue weighted by Gasteiger charge is 2.47. The van der Waals surface area contributed by atoms with Crippen molar-refractivity contribution in [2.24, 2.45) is 0 Å². The summed E-state index contributed by atoms with van der Waals surface area (Å²) in [6, 6.07) is 6.43. The lowest BCUT2D eigenvalue weighted by Gasteiger charge is -2.42. The molecule has 1 spiro atoms. The van der Waals surface area contributed by atoms with Gasteiger partial charge >= 0.3 is 7.12 Å². The normalized spacial score (nSPS) is 28.1. The van der Waals surface area contributed by atoms with E-state index in [2.05, 4.69) is 0 Å². The van der Waals surface area contributed by atoms with E-state index < -0.39 is 12.7 Å². The molecule has 0 radical (unpaired) electrons. The van der Waals surface area contributed by atoms with Crippen LogP contribution < -0.4 is 5.46 Å². The van der Waals surface area contributed by atoms with Crippen LogP contribution in [0.5, 0.6) is 0 Å². The third kappa shape index (κ3) is 2.77. The molecule has 0 aromatic heterocycles. The third-order valence-corrected chi connectivity index (χ3v) is 4.56. The summed E-state index contributed by atoms with van der Waals surface area (Å²) in [6.07, 6.45) is 0.751. The van der Waals surface area contributed by atoms with E-state index in [1.54, 1.807) is 23.1 Å². The zero-order chi connectivity index (χ0) is 15.7. The van der Waals surface area contributed by atoms with Crippen molar-refractivity contribution in [2.45, 2.75) is 25.0 Å². The van der Waals surface area contributed by atoms with Gasteiger partial charge < -0.3 is 24.4 Å². The van der Waals surface area contributed by atoms with Crippen molar-refractivity contribution < 1.29 is 24.3 Å². The van der Waals surface area contributed by atoms with E-state index in [0.29, 0.717) is 37.3 Å². The zero-order valence-corrected chi connectivity index (χ0v) is 12.6. The quantitative estimate of drug-likeness (QED) is 0.713. The summed E-state index contributed by atoms with van der Waals surface area (Å²) in [4.78, 5) is 14.4. The number of hydrogen-bond donors (Lipinski definition) is 2. The van der Waals surface area contributed by atoms with Crippen molar-refractivity contribution in [1.82, 2.24) is 4.90 Å². The molecule has 2 unspecified atom stereocenters. The standard InChI is InChI=1S/C15H20BNO5/c1-11-15(5-7-21-11)10-17(6-8-22-15)14(18)12-3-2-4-13(9-12)16(19)20/h2-4,9,11,19-20H,5-8,10H2,1H3. The van der Waals surface area contributed by atoms with Crippen LogP contribution in [-0.2, 0) is 9.47 Å². The summed E-state index contributed by atoms with van der Waals surface area (Å²) in [5, 5.41) is 18.5. The first-order chi connectivity index (χ1) is 10.5. The Morgan fingerprint density at radius 2 is 2.23 bits per heavy atom. The first-order valence-corrected chi connectivity index (χ1v) is 7.53. The van der Waals surface area contributed by atoms with Crippen LogP contribution in [0.15, 0.2) is 24.3 Å². The molecule has 0 aliphatic carbocycles. The van der Waals surface area contributed by atoms with Gasteiger partial charge in [0.15, 0.2) is 0 Å². The molecule has 6 nitrogen and oxygen atoms in total. The van der Waals surface area contributed by atoms with Gasteiger partial charge in [-0.3, -0.25) is 4.79 Å². The maximum atomic E-state index is 12.7. The lowest BCUT2D eigenvalue weighted by atomic mass is 9.79. The smallest absolute Gasteiger partial charge is 0.423 e. The Morgan fingerprint density at radius 3 is 2.91 bits per heavy atom. The molecule has 7 heteroatoms. The average Bonchev–Trinajstić information content (AvgIpc) is 2.87. The summed E-state index contributed by atoms with van der Waals surface area (Å²) in [7, 11) is -1.58. The SMILES string of the molecule is CC1OCCC12CN(C(=O)c1cccc(B(O)O)c1)CCO2. The Bertz CT molecular complexity index is 567. The van der Waals surface area contributed by atoms with Gasteiger partial charge in [-0.25, -0.2) is 0 Å². The fourth-order valence-corrected chi connectivity index (χ4v) is 3.16. The molecule has 2 fully saturated rings. The van der Waals surface area contributed by atoms with Gasteiger partial charge in [0.25, 0.3) is 5.91 Å². The van der Waals surface area contributed by atoms with Gasteiger partial charge in [-0.1, -0.05) is 12.1 Å². The first-order valence-electron chi connectivity index (χ1n) is 7.53. The van der Waals surface area contributed by atoms with Crippen LogP contribution >= 0.6 is 0 Å². The van der Waals surface area contributed by atoms with Gasteiger partial charge in [-0.05, 0) is 24.5 Å². The first kappa shape index (κ1) is 15.5. The monoisotopic (exact) mass is 305 g/mol. The van der Waals surface area contributed by atoms with Crippen molar-refractivity contribution in [3.05, 3.63) is 29.8 Å². The number of rotatable bonds is 2. The molecule has 1 amide bonds. The topological polar surface area (TPSA) is 79.2 Å². The van der Waals surface area contributed by atoms with Crippen LogP contribution in [0.25, 0.3) is 0 Å². The largest absolute Gasteiger partial charge is 0.488 e. The van der Waals surface area contributed by atoms with Gasteiger partial charge in [-0.2, -0.15) is 0 Å². The lowest BCUT2D eigenvalue weighted by molar-refractivity contribution is -0.126. The average molecular weight is 305 g/mol. The number of morpholine rings is 1. The number of amides is 1. The Balaban J connectivity index is 1.78. The van der Waals surface area contributed by atoms with Crippen LogP contribution in [0.4, 0.5) is 0 Å². The minimum atomic E-state index is -1.58. The van der Waals surface area contributed by atoms with Gasteiger partial charge in [-0.15, -0.1) is 0 Å². The zero-order valence-electron chi connectivity index (χ0n) is 12.6.